The first-order valence-corrected chi connectivity index (χ1v) is 4.11. The maximum atomic E-state index is 10.5. The molecule has 0 saturated heterocycles. The van der Waals surface area contributed by atoms with Gasteiger partial charge in [0, 0.05) is 17.7 Å². The van der Waals surface area contributed by atoms with E-state index in [9.17, 15) is 4.79 Å². The summed E-state index contributed by atoms with van der Waals surface area (Å²) in [7, 11) is 0. The van der Waals surface area contributed by atoms with Crippen LogP contribution in [0, 0.1) is 0 Å². The zero-order valence-electron chi connectivity index (χ0n) is 6.28. The zero-order chi connectivity index (χ0) is 9.26. The molecular weight excluding hydrogens is 192 g/mol. The van der Waals surface area contributed by atoms with Gasteiger partial charge in [-0.25, -0.2) is 14.5 Å². The van der Waals surface area contributed by atoms with Crippen molar-refractivity contribution in [1.82, 2.24) is 19.1 Å². The van der Waals surface area contributed by atoms with Crippen molar-refractivity contribution in [3.05, 3.63) is 24.3 Å². The molecule has 1 N–H and O–H groups in total. The van der Waals surface area contributed by atoms with Crippen LogP contribution in [0.15, 0.2) is 18.6 Å². The van der Waals surface area contributed by atoms with Gasteiger partial charge in [-0.1, -0.05) is 0 Å². The fraction of sp³-hybridized carbons (Fsp3) is 0. The number of carbonyl (C=O) groups is 1. The van der Waals surface area contributed by atoms with E-state index in [0.717, 1.165) is 11.5 Å². The second-order valence-electron chi connectivity index (χ2n) is 2.17. The Labute approximate surface area is 76.6 Å². The van der Waals surface area contributed by atoms with E-state index in [-0.39, 0.29) is 5.69 Å². The van der Waals surface area contributed by atoms with Crippen LogP contribution in [0.25, 0.3) is 5.13 Å². The predicted octanol–water partition coefficient (Wildman–Crippen LogP) is 0.422. The molecule has 6 nitrogen and oxygen atoms in total. The lowest BCUT2D eigenvalue weighted by atomic mass is 10.5. The lowest BCUT2D eigenvalue weighted by Gasteiger charge is -1.90. The van der Waals surface area contributed by atoms with Gasteiger partial charge in [-0.15, -0.1) is 0 Å². The molecule has 0 fully saturated rings. The van der Waals surface area contributed by atoms with Crippen LogP contribution in [0.2, 0.25) is 0 Å². The number of rotatable bonds is 2. The Bertz CT molecular complexity index is 422. The summed E-state index contributed by atoms with van der Waals surface area (Å²) in [6.45, 7) is 0. The SMILES string of the molecule is O=C(O)c1ccn(-c2ncns2)n1. The first-order chi connectivity index (χ1) is 6.27. The fourth-order valence-corrected chi connectivity index (χ4v) is 1.28. The first-order valence-electron chi connectivity index (χ1n) is 3.33. The molecule has 0 atom stereocenters. The highest BCUT2D eigenvalue weighted by atomic mass is 32.1. The van der Waals surface area contributed by atoms with Crippen LogP contribution < -0.4 is 0 Å². The van der Waals surface area contributed by atoms with E-state index in [1.54, 1.807) is 0 Å². The van der Waals surface area contributed by atoms with E-state index in [0.29, 0.717) is 5.13 Å². The largest absolute Gasteiger partial charge is 0.476 e. The van der Waals surface area contributed by atoms with Crippen LogP contribution in [0.1, 0.15) is 10.5 Å². The van der Waals surface area contributed by atoms with Crippen LogP contribution in [-0.4, -0.2) is 30.2 Å². The Kier molecular flexibility index (Phi) is 1.78. The third-order valence-corrected chi connectivity index (χ3v) is 2.01. The monoisotopic (exact) mass is 196 g/mol. The van der Waals surface area contributed by atoms with Crippen LogP contribution in [0.3, 0.4) is 0 Å². The summed E-state index contributed by atoms with van der Waals surface area (Å²) in [5.41, 5.74) is -0.00444. The third-order valence-electron chi connectivity index (χ3n) is 1.35. The van der Waals surface area contributed by atoms with Gasteiger partial charge < -0.3 is 5.11 Å². The number of carboxylic acid groups (broad SMARTS) is 1. The van der Waals surface area contributed by atoms with E-state index in [4.69, 9.17) is 5.11 Å². The lowest BCUT2D eigenvalue weighted by Crippen LogP contribution is -2.00. The molecule has 2 heterocycles. The molecule has 0 saturated carbocycles. The molecule has 0 radical (unpaired) electrons. The zero-order valence-corrected chi connectivity index (χ0v) is 7.10. The Morgan fingerprint density at radius 1 is 1.62 bits per heavy atom. The number of aromatic nitrogens is 4. The third kappa shape index (κ3) is 1.41. The van der Waals surface area contributed by atoms with Crippen LogP contribution in [0.4, 0.5) is 0 Å². The summed E-state index contributed by atoms with van der Waals surface area (Å²) >= 11 is 1.15. The smallest absolute Gasteiger partial charge is 0.356 e. The molecule has 0 aromatic carbocycles. The molecule has 0 aliphatic carbocycles. The predicted molar refractivity (Wildman–Crippen MR) is 44.0 cm³/mol. The van der Waals surface area contributed by atoms with E-state index in [1.165, 1.54) is 23.3 Å². The molecule has 7 heteroatoms. The Morgan fingerprint density at radius 2 is 2.46 bits per heavy atom. The standard InChI is InChI=1S/C6H4N4O2S/c11-5(12)4-1-2-10(9-4)6-7-3-8-13-6/h1-3H,(H,11,12). The average Bonchev–Trinajstić information content (AvgIpc) is 2.75. The van der Waals surface area contributed by atoms with Gasteiger partial charge in [0.1, 0.15) is 6.33 Å². The van der Waals surface area contributed by atoms with Crippen molar-refractivity contribution in [2.75, 3.05) is 0 Å². The molecule has 0 bridgehead atoms. The number of hydrogen-bond acceptors (Lipinski definition) is 5. The van der Waals surface area contributed by atoms with Crippen LogP contribution >= 0.6 is 11.5 Å². The first kappa shape index (κ1) is 7.87. The summed E-state index contributed by atoms with van der Waals surface area (Å²) < 4.78 is 5.15. The van der Waals surface area contributed by atoms with Gasteiger partial charge in [0.15, 0.2) is 5.69 Å². The molecule has 2 aromatic rings. The van der Waals surface area contributed by atoms with Gasteiger partial charge in [0.05, 0.1) is 0 Å². The molecule has 2 aromatic heterocycles. The van der Waals surface area contributed by atoms with Gasteiger partial charge in [0.2, 0.25) is 5.13 Å². The summed E-state index contributed by atoms with van der Waals surface area (Å²) in [6, 6.07) is 1.41. The van der Waals surface area contributed by atoms with Crippen molar-refractivity contribution in [2.45, 2.75) is 0 Å². The highest BCUT2D eigenvalue weighted by Gasteiger charge is 2.08. The van der Waals surface area contributed by atoms with E-state index in [1.807, 2.05) is 0 Å². The second kappa shape index (κ2) is 2.94. The Balaban J connectivity index is 2.39. The molecular formula is C6H4N4O2S. The average molecular weight is 196 g/mol. The fourth-order valence-electron chi connectivity index (χ4n) is 0.813. The summed E-state index contributed by atoms with van der Waals surface area (Å²) in [5.74, 6) is -1.05. The van der Waals surface area contributed by atoms with Gasteiger partial charge >= 0.3 is 5.97 Å². The molecule has 0 aliphatic rings. The molecule has 0 aliphatic heterocycles. The van der Waals surface area contributed by atoms with Crippen LogP contribution in [0.5, 0.6) is 0 Å². The minimum atomic E-state index is -1.05. The minimum Gasteiger partial charge on any atom is -0.476 e. The number of carboxylic acids is 1. The van der Waals surface area contributed by atoms with Crippen molar-refractivity contribution < 1.29 is 9.90 Å². The number of hydrogen-bond donors (Lipinski definition) is 1. The highest BCUT2D eigenvalue weighted by Crippen LogP contribution is 2.07. The minimum absolute atomic E-state index is 0.00444. The van der Waals surface area contributed by atoms with Gasteiger partial charge in [-0.3, -0.25) is 0 Å². The number of nitrogens with zero attached hydrogens (tertiary/aromatic N) is 4. The van der Waals surface area contributed by atoms with Gasteiger partial charge in [-0.05, 0) is 6.07 Å². The highest BCUT2D eigenvalue weighted by molar-refractivity contribution is 7.07. The van der Waals surface area contributed by atoms with Gasteiger partial charge in [-0.2, -0.15) is 9.47 Å². The maximum Gasteiger partial charge on any atom is 0.356 e. The topological polar surface area (TPSA) is 80.9 Å². The second-order valence-corrected chi connectivity index (χ2v) is 2.93. The van der Waals surface area contributed by atoms with Crippen molar-refractivity contribution in [3.63, 3.8) is 0 Å². The van der Waals surface area contributed by atoms with Crippen molar-refractivity contribution in [1.29, 1.82) is 0 Å². The van der Waals surface area contributed by atoms with E-state index < -0.39 is 5.97 Å². The summed E-state index contributed by atoms with van der Waals surface area (Å²) in [4.78, 5) is 14.3. The summed E-state index contributed by atoms with van der Waals surface area (Å²) in [6.07, 6.45) is 2.92. The van der Waals surface area contributed by atoms with Crippen molar-refractivity contribution >= 4 is 17.5 Å². The van der Waals surface area contributed by atoms with E-state index in [2.05, 4.69) is 14.5 Å². The molecule has 66 valence electrons. The van der Waals surface area contributed by atoms with Crippen molar-refractivity contribution in [2.24, 2.45) is 0 Å². The molecule has 0 spiro atoms. The van der Waals surface area contributed by atoms with Crippen LogP contribution in [-0.2, 0) is 0 Å². The number of aromatic carboxylic acids is 1. The lowest BCUT2D eigenvalue weighted by molar-refractivity contribution is 0.0690. The quantitative estimate of drug-likeness (QED) is 0.752. The normalized spacial score (nSPS) is 10.2. The maximum absolute atomic E-state index is 10.5. The molecule has 2 rings (SSSR count). The Hall–Kier alpha value is -1.76. The molecule has 0 amide bonds. The van der Waals surface area contributed by atoms with E-state index >= 15 is 0 Å². The van der Waals surface area contributed by atoms with Gasteiger partial charge in [0.25, 0.3) is 0 Å². The Morgan fingerprint density at radius 3 is 3.00 bits per heavy atom. The molecule has 13 heavy (non-hydrogen) atoms. The van der Waals surface area contributed by atoms with Crippen molar-refractivity contribution in [3.8, 4) is 5.13 Å². The summed E-state index contributed by atoms with van der Waals surface area (Å²) in [5, 5.41) is 12.9. The molecule has 0 unspecified atom stereocenters.